The first-order valence-corrected chi connectivity index (χ1v) is 12.6. The Morgan fingerprint density at radius 1 is 1.19 bits per heavy atom. The van der Waals surface area contributed by atoms with Gasteiger partial charge in [0.15, 0.2) is 15.6 Å². The number of sulfone groups is 1. The van der Waals surface area contributed by atoms with E-state index in [1.165, 1.54) is 16.7 Å². The van der Waals surface area contributed by atoms with Crippen LogP contribution in [0, 0.1) is 0 Å². The average Bonchev–Trinajstić information content (AvgIpc) is 3.51. The lowest BCUT2D eigenvalue weighted by Crippen LogP contribution is -2.39. The van der Waals surface area contributed by atoms with E-state index in [9.17, 15) is 13.2 Å². The summed E-state index contributed by atoms with van der Waals surface area (Å²) < 4.78 is 31.4. The van der Waals surface area contributed by atoms with Gasteiger partial charge < -0.3 is 4.42 Å². The molecule has 7 nitrogen and oxygen atoms in total. The van der Waals surface area contributed by atoms with Crippen LogP contribution in [0.5, 0.6) is 0 Å². The molecular formula is C21H17N3O4S3. The van der Waals surface area contributed by atoms with E-state index < -0.39 is 15.9 Å². The number of hydrogen-bond acceptors (Lipinski definition) is 7. The highest BCUT2D eigenvalue weighted by molar-refractivity contribution is 8.26. The van der Waals surface area contributed by atoms with Crippen LogP contribution >= 0.6 is 24.0 Å². The number of nitrogens with zero attached hydrogens (tertiary/aromatic N) is 3. The molecule has 0 spiro atoms. The predicted molar refractivity (Wildman–Crippen MR) is 123 cm³/mol. The number of para-hydroxylation sites is 1. The molecule has 2 aromatic heterocycles. The molecule has 10 heteroatoms. The molecule has 0 unspecified atom stereocenters. The topological polar surface area (TPSA) is 85.4 Å². The molecule has 1 amide bonds. The zero-order valence-electron chi connectivity index (χ0n) is 16.2. The normalized spacial score (nSPS) is 22.0. The first-order chi connectivity index (χ1) is 14.9. The minimum Gasteiger partial charge on any atom is -0.463 e. The van der Waals surface area contributed by atoms with Gasteiger partial charge in [0.05, 0.1) is 34.4 Å². The molecule has 0 aliphatic carbocycles. The first kappa shape index (κ1) is 20.2. The summed E-state index contributed by atoms with van der Waals surface area (Å²) in [6.45, 7) is 0. The van der Waals surface area contributed by atoms with Crippen molar-refractivity contribution >= 4 is 50.1 Å². The minimum atomic E-state index is -3.13. The number of hydrogen-bond donors (Lipinski definition) is 0. The predicted octanol–water partition coefficient (Wildman–Crippen LogP) is 3.52. The second kappa shape index (κ2) is 7.77. The van der Waals surface area contributed by atoms with Crippen molar-refractivity contribution < 1.29 is 17.6 Å². The van der Waals surface area contributed by atoms with Crippen molar-refractivity contribution in [3.05, 3.63) is 65.4 Å². The lowest BCUT2D eigenvalue weighted by molar-refractivity contribution is -0.123. The van der Waals surface area contributed by atoms with Crippen LogP contribution in [0.3, 0.4) is 0 Å². The van der Waals surface area contributed by atoms with E-state index in [0.717, 1.165) is 5.69 Å². The van der Waals surface area contributed by atoms with Crippen LogP contribution < -0.4 is 0 Å². The summed E-state index contributed by atoms with van der Waals surface area (Å²) in [6, 6.07) is 12.8. The zero-order valence-corrected chi connectivity index (χ0v) is 18.6. The second-order valence-corrected chi connectivity index (χ2v) is 11.2. The monoisotopic (exact) mass is 471 g/mol. The summed E-state index contributed by atoms with van der Waals surface area (Å²) in [4.78, 5) is 15.0. The van der Waals surface area contributed by atoms with Crippen LogP contribution in [0.15, 0.2) is 64.2 Å². The summed E-state index contributed by atoms with van der Waals surface area (Å²) in [5.41, 5.74) is 2.18. The molecule has 2 fully saturated rings. The van der Waals surface area contributed by atoms with Crippen molar-refractivity contribution in [2.75, 3.05) is 11.5 Å². The van der Waals surface area contributed by atoms with Crippen LogP contribution in [0.25, 0.3) is 23.2 Å². The standard InChI is InChI=1S/C21H17N3O4S3/c25-20-18(30-21(29)24(20)16-8-10-31(26,27)13-16)11-14-12-23(15-5-2-1-3-6-15)22-19(14)17-7-4-9-28-17/h1-7,9,11-12,16H,8,10,13H2/b18-11-/t16-/m0/s1. The summed E-state index contributed by atoms with van der Waals surface area (Å²) in [5.74, 6) is 0.351. The third-order valence-corrected chi connectivity index (χ3v) is 8.28. The van der Waals surface area contributed by atoms with Crippen molar-refractivity contribution in [2.24, 2.45) is 0 Å². The van der Waals surface area contributed by atoms with Crippen molar-refractivity contribution in [1.29, 1.82) is 0 Å². The molecule has 2 saturated heterocycles. The number of thioether (sulfide) groups is 1. The summed E-state index contributed by atoms with van der Waals surface area (Å²) in [5, 5.41) is 4.66. The maximum absolute atomic E-state index is 13.1. The number of rotatable bonds is 4. The second-order valence-electron chi connectivity index (χ2n) is 7.30. The van der Waals surface area contributed by atoms with Gasteiger partial charge in [-0.15, -0.1) is 0 Å². The molecule has 2 aliphatic heterocycles. The quantitative estimate of drug-likeness (QED) is 0.425. The van der Waals surface area contributed by atoms with E-state index in [1.807, 2.05) is 42.6 Å². The highest BCUT2D eigenvalue weighted by Crippen LogP contribution is 2.37. The van der Waals surface area contributed by atoms with Crippen molar-refractivity contribution in [3.8, 4) is 17.1 Å². The van der Waals surface area contributed by atoms with Gasteiger partial charge in [0, 0.05) is 11.8 Å². The number of thiocarbonyl (C=S) groups is 1. The third-order valence-electron chi connectivity index (χ3n) is 5.20. The molecule has 0 radical (unpaired) electrons. The van der Waals surface area contributed by atoms with Gasteiger partial charge in [-0.2, -0.15) is 5.10 Å². The van der Waals surface area contributed by atoms with Crippen LogP contribution in [-0.4, -0.2) is 50.9 Å². The molecule has 1 atom stereocenters. The van der Waals surface area contributed by atoms with Crippen LogP contribution in [0.1, 0.15) is 12.0 Å². The molecular weight excluding hydrogens is 454 g/mol. The van der Waals surface area contributed by atoms with Gasteiger partial charge in [0.2, 0.25) is 0 Å². The SMILES string of the molecule is O=C1/C(=C/c2cn(-c3ccccc3)nc2-c2ccco2)SC(=S)N1[C@H]1CCS(=O)(=O)C1. The Labute approximate surface area is 188 Å². The smallest absolute Gasteiger partial charge is 0.266 e. The fourth-order valence-electron chi connectivity index (χ4n) is 3.73. The Bertz CT molecular complexity index is 1290. The van der Waals surface area contributed by atoms with E-state index in [-0.39, 0.29) is 17.4 Å². The highest BCUT2D eigenvalue weighted by atomic mass is 32.2. The number of furan rings is 1. The van der Waals surface area contributed by atoms with Gasteiger partial charge in [-0.05, 0) is 36.8 Å². The molecule has 0 N–H and O–H groups in total. The fourth-order valence-corrected chi connectivity index (χ4v) is 6.82. The molecule has 2 aliphatic rings. The van der Waals surface area contributed by atoms with Crippen molar-refractivity contribution in [3.63, 3.8) is 0 Å². The minimum absolute atomic E-state index is 0.0453. The van der Waals surface area contributed by atoms with Gasteiger partial charge in [0.1, 0.15) is 10.0 Å². The molecule has 0 saturated carbocycles. The lowest BCUT2D eigenvalue weighted by Gasteiger charge is -2.20. The van der Waals surface area contributed by atoms with E-state index in [0.29, 0.717) is 32.7 Å². The third kappa shape index (κ3) is 3.86. The van der Waals surface area contributed by atoms with Crippen LogP contribution in [-0.2, 0) is 14.6 Å². The Morgan fingerprint density at radius 2 is 2.00 bits per heavy atom. The lowest BCUT2D eigenvalue weighted by atomic mass is 10.2. The molecule has 1 aromatic carbocycles. The summed E-state index contributed by atoms with van der Waals surface area (Å²) in [7, 11) is -3.13. The number of aromatic nitrogens is 2. The highest BCUT2D eigenvalue weighted by Gasteiger charge is 2.42. The van der Waals surface area contributed by atoms with Gasteiger partial charge in [-0.25, -0.2) is 13.1 Å². The number of carbonyl (C=O) groups excluding carboxylic acids is 1. The number of carbonyl (C=O) groups is 1. The Morgan fingerprint density at radius 3 is 2.68 bits per heavy atom. The average molecular weight is 472 g/mol. The van der Waals surface area contributed by atoms with Gasteiger partial charge in [-0.3, -0.25) is 9.69 Å². The maximum atomic E-state index is 13.1. The van der Waals surface area contributed by atoms with Gasteiger partial charge in [0.25, 0.3) is 5.91 Å². The Hall–Kier alpha value is -2.69. The molecule has 4 heterocycles. The van der Waals surface area contributed by atoms with Crippen molar-refractivity contribution in [2.45, 2.75) is 12.5 Å². The zero-order chi connectivity index (χ0) is 21.6. The van der Waals surface area contributed by atoms with Gasteiger partial charge >= 0.3 is 0 Å². The van der Waals surface area contributed by atoms with E-state index in [2.05, 4.69) is 5.10 Å². The van der Waals surface area contributed by atoms with Gasteiger partial charge in [-0.1, -0.05) is 42.2 Å². The molecule has 0 bridgehead atoms. The molecule has 158 valence electrons. The number of benzene rings is 1. The Kier molecular flexibility index (Phi) is 5.07. The summed E-state index contributed by atoms with van der Waals surface area (Å²) in [6.07, 6.45) is 5.55. The van der Waals surface area contributed by atoms with E-state index in [4.69, 9.17) is 16.6 Å². The Balaban J connectivity index is 1.52. The van der Waals surface area contributed by atoms with Crippen molar-refractivity contribution in [1.82, 2.24) is 14.7 Å². The van der Waals surface area contributed by atoms with E-state index >= 15 is 0 Å². The molecule has 3 aromatic rings. The van der Waals surface area contributed by atoms with E-state index in [1.54, 1.807) is 23.1 Å². The first-order valence-electron chi connectivity index (χ1n) is 9.58. The van der Waals surface area contributed by atoms with Crippen LogP contribution in [0.4, 0.5) is 0 Å². The fraction of sp³-hybridized carbons (Fsp3) is 0.190. The maximum Gasteiger partial charge on any atom is 0.266 e. The molecule has 31 heavy (non-hydrogen) atoms. The summed E-state index contributed by atoms with van der Waals surface area (Å²) >= 11 is 6.59. The molecule has 5 rings (SSSR count). The largest absolute Gasteiger partial charge is 0.463 e. The number of amides is 1. The van der Waals surface area contributed by atoms with Crippen LogP contribution in [0.2, 0.25) is 0 Å².